The van der Waals surface area contributed by atoms with Gasteiger partial charge in [-0.05, 0) is 43.5 Å². The summed E-state index contributed by atoms with van der Waals surface area (Å²) in [6.45, 7) is 5.03. The number of amides is 2. The highest BCUT2D eigenvalue weighted by molar-refractivity contribution is 7.10. The summed E-state index contributed by atoms with van der Waals surface area (Å²) in [6.07, 6.45) is 1.73. The highest BCUT2D eigenvalue weighted by Crippen LogP contribution is 2.14. The fourth-order valence-electron chi connectivity index (χ4n) is 2.13. The summed E-state index contributed by atoms with van der Waals surface area (Å²) in [6, 6.07) is 12.7. The van der Waals surface area contributed by atoms with Crippen LogP contribution in [0.3, 0.4) is 0 Å². The molecule has 0 atom stereocenters. The predicted octanol–water partition coefficient (Wildman–Crippen LogP) is 3.39. The van der Waals surface area contributed by atoms with E-state index in [-0.39, 0.29) is 11.8 Å². The number of hydrogen-bond donors (Lipinski definition) is 1. The number of benzene rings is 1. The summed E-state index contributed by atoms with van der Waals surface area (Å²) in [5.41, 5.74) is 0.821. The fourth-order valence-corrected chi connectivity index (χ4v) is 2.79. The molecule has 0 fully saturated rings. The second-order valence-corrected chi connectivity index (χ2v) is 5.85. The molecule has 5 heteroatoms. The Morgan fingerprint density at radius 1 is 1.09 bits per heavy atom. The monoisotopic (exact) mass is 328 g/mol. The van der Waals surface area contributed by atoms with Crippen molar-refractivity contribution in [3.8, 4) is 0 Å². The van der Waals surface area contributed by atoms with Crippen LogP contribution in [0, 0.1) is 0 Å². The van der Waals surface area contributed by atoms with Gasteiger partial charge in [0.2, 0.25) is 0 Å². The minimum absolute atomic E-state index is 0.173. The van der Waals surface area contributed by atoms with Crippen molar-refractivity contribution in [3.63, 3.8) is 0 Å². The maximum absolute atomic E-state index is 12.6. The summed E-state index contributed by atoms with van der Waals surface area (Å²) < 4.78 is 0. The Bertz CT molecular complexity index is 674. The van der Waals surface area contributed by atoms with Crippen LogP contribution in [0.4, 0.5) is 0 Å². The van der Waals surface area contributed by atoms with Crippen LogP contribution in [0.25, 0.3) is 6.08 Å². The Hall–Kier alpha value is -2.40. The minimum Gasteiger partial charge on any atom is -0.338 e. The van der Waals surface area contributed by atoms with Crippen LogP contribution in [0.15, 0.2) is 53.5 Å². The molecular weight excluding hydrogens is 308 g/mol. The molecule has 0 saturated heterocycles. The van der Waals surface area contributed by atoms with Gasteiger partial charge in [-0.2, -0.15) is 0 Å². The molecule has 1 heterocycles. The van der Waals surface area contributed by atoms with Crippen molar-refractivity contribution in [2.24, 2.45) is 0 Å². The van der Waals surface area contributed by atoms with Crippen molar-refractivity contribution in [1.82, 2.24) is 10.2 Å². The van der Waals surface area contributed by atoms with Gasteiger partial charge in [0, 0.05) is 23.5 Å². The number of nitrogens with one attached hydrogen (secondary N) is 1. The van der Waals surface area contributed by atoms with E-state index in [0.29, 0.717) is 24.4 Å². The molecule has 0 unspecified atom stereocenters. The average molecular weight is 328 g/mol. The van der Waals surface area contributed by atoms with E-state index in [1.165, 1.54) is 11.3 Å². The van der Waals surface area contributed by atoms with Gasteiger partial charge in [0.1, 0.15) is 5.70 Å². The van der Waals surface area contributed by atoms with Crippen molar-refractivity contribution < 1.29 is 9.59 Å². The van der Waals surface area contributed by atoms with Gasteiger partial charge in [-0.25, -0.2) is 0 Å². The average Bonchev–Trinajstić information content (AvgIpc) is 3.09. The molecule has 1 aromatic heterocycles. The molecule has 23 heavy (non-hydrogen) atoms. The topological polar surface area (TPSA) is 49.4 Å². The number of carbonyl (C=O) groups is 2. The van der Waals surface area contributed by atoms with Crippen LogP contribution in [0.5, 0.6) is 0 Å². The van der Waals surface area contributed by atoms with E-state index in [9.17, 15) is 9.59 Å². The molecule has 4 nitrogen and oxygen atoms in total. The predicted molar refractivity (Wildman–Crippen MR) is 94.1 cm³/mol. The van der Waals surface area contributed by atoms with E-state index in [0.717, 1.165) is 4.88 Å². The van der Waals surface area contributed by atoms with Crippen LogP contribution < -0.4 is 5.32 Å². The first-order chi connectivity index (χ1) is 11.2. The van der Waals surface area contributed by atoms with E-state index in [4.69, 9.17) is 0 Å². The van der Waals surface area contributed by atoms with Crippen molar-refractivity contribution in [2.45, 2.75) is 13.8 Å². The van der Waals surface area contributed by atoms with Gasteiger partial charge in [-0.3, -0.25) is 9.59 Å². The number of nitrogens with zero attached hydrogens (tertiary/aromatic N) is 1. The molecule has 0 bridgehead atoms. The van der Waals surface area contributed by atoms with Crippen molar-refractivity contribution in [1.29, 1.82) is 0 Å². The maximum Gasteiger partial charge on any atom is 0.270 e. The molecule has 0 spiro atoms. The van der Waals surface area contributed by atoms with Crippen LogP contribution in [-0.4, -0.2) is 29.8 Å². The van der Waals surface area contributed by atoms with Gasteiger partial charge in [-0.15, -0.1) is 11.3 Å². The number of hydrogen-bond acceptors (Lipinski definition) is 3. The normalized spacial score (nSPS) is 11.1. The Labute approximate surface area is 140 Å². The van der Waals surface area contributed by atoms with Gasteiger partial charge in [-0.1, -0.05) is 24.3 Å². The fraction of sp³-hybridized carbons (Fsp3) is 0.222. The molecule has 2 aromatic rings. The third-order valence-electron chi connectivity index (χ3n) is 3.40. The summed E-state index contributed by atoms with van der Waals surface area (Å²) >= 11 is 1.52. The first kappa shape index (κ1) is 17.0. The Kier molecular flexibility index (Phi) is 6.11. The molecule has 1 N–H and O–H groups in total. The van der Waals surface area contributed by atoms with E-state index in [2.05, 4.69) is 5.32 Å². The van der Waals surface area contributed by atoms with E-state index < -0.39 is 0 Å². The third kappa shape index (κ3) is 4.53. The first-order valence-corrected chi connectivity index (χ1v) is 8.44. The summed E-state index contributed by atoms with van der Waals surface area (Å²) in [5.74, 6) is -0.457. The van der Waals surface area contributed by atoms with Crippen LogP contribution in [0.2, 0.25) is 0 Å². The quantitative estimate of drug-likeness (QED) is 0.826. The molecule has 0 aliphatic rings. The van der Waals surface area contributed by atoms with Crippen LogP contribution in [0.1, 0.15) is 29.1 Å². The minimum atomic E-state index is -0.283. The zero-order valence-electron chi connectivity index (χ0n) is 13.3. The zero-order chi connectivity index (χ0) is 16.7. The molecule has 120 valence electrons. The molecule has 0 aliphatic heterocycles. The lowest BCUT2D eigenvalue weighted by molar-refractivity contribution is -0.127. The number of carbonyl (C=O) groups excluding carboxylic acids is 2. The highest BCUT2D eigenvalue weighted by Gasteiger charge is 2.18. The summed E-state index contributed by atoms with van der Waals surface area (Å²) in [5, 5.41) is 4.69. The second-order valence-electron chi connectivity index (χ2n) is 4.87. The zero-order valence-corrected chi connectivity index (χ0v) is 14.1. The van der Waals surface area contributed by atoms with Gasteiger partial charge in [0.15, 0.2) is 0 Å². The molecular formula is C18H20N2O2S. The lowest BCUT2D eigenvalue weighted by atomic mass is 10.2. The van der Waals surface area contributed by atoms with Crippen molar-refractivity contribution in [2.75, 3.05) is 13.1 Å². The molecule has 0 radical (unpaired) electrons. The van der Waals surface area contributed by atoms with E-state index in [1.54, 1.807) is 35.2 Å². The largest absolute Gasteiger partial charge is 0.338 e. The number of thiophene rings is 1. The van der Waals surface area contributed by atoms with Gasteiger partial charge in [0.05, 0.1) is 0 Å². The Balaban J connectivity index is 2.27. The maximum atomic E-state index is 12.6. The van der Waals surface area contributed by atoms with Crippen LogP contribution >= 0.6 is 11.3 Å². The Morgan fingerprint density at radius 2 is 1.78 bits per heavy atom. The van der Waals surface area contributed by atoms with Gasteiger partial charge in [0.25, 0.3) is 11.8 Å². The SMILES string of the molecule is CCN(CC)C(=O)C(=Cc1cccs1)NC(=O)c1ccccc1. The number of likely N-dealkylation sites (N-methyl/N-ethyl adjacent to an activating group) is 1. The smallest absolute Gasteiger partial charge is 0.270 e. The molecule has 0 aliphatic carbocycles. The third-order valence-corrected chi connectivity index (χ3v) is 4.21. The lowest BCUT2D eigenvalue weighted by Gasteiger charge is -2.20. The first-order valence-electron chi connectivity index (χ1n) is 7.56. The molecule has 0 saturated carbocycles. The highest BCUT2D eigenvalue weighted by atomic mass is 32.1. The second kappa shape index (κ2) is 8.29. The van der Waals surface area contributed by atoms with Crippen LogP contribution in [-0.2, 0) is 4.79 Å². The molecule has 1 aromatic carbocycles. The van der Waals surface area contributed by atoms with E-state index >= 15 is 0 Å². The summed E-state index contributed by atoms with van der Waals surface area (Å²) in [4.78, 5) is 27.6. The van der Waals surface area contributed by atoms with E-state index in [1.807, 2.05) is 37.4 Å². The Morgan fingerprint density at radius 3 is 2.35 bits per heavy atom. The summed E-state index contributed by atoms with van der Waals surface area (Å²) in [7, 11) is 0. The standard InChI is InChI=1S/C18H20N2O2S/c1-3-20(4-2)18(22)16(13-15-11-8-12-23-15)19-17(21)14-9-6-5-7-10-14/h5-13H,3-4H2,1-2H3,(H,19,21). The molecule has 2 rings (SSSR count). The molecule has 2 amide bonds. The lowest BCUT2D eigenvalue weighted by Crippen LogP contribution is -2.38. The van der Waals surface area contributed by atoms with Crippen molar-refractivity contribution in [3.05, 3.63) is 64.0 Å². The van der Waals surface area contributed by atoms with Gasteiger partial charge < -0.3 is 10.2 Å². The number of rotatable bonds is 6. The van der Waals surface area contributed by atoms with Gasteiger partial charge >= 0.3 is 0 Å². The van der Waals surface area contributed by atoms with Crippen molar-refractivity contribution >= 4 is 29.2 Å².